The zero-order valence-electron chi connectivity index (χ0n) is 12.5. The summed E-state index contributed by atoms with van der Waals surface area (Å²) in [5, 5.41) is 9.67. The van der Waals surface area contributed by atoms with Crippen LogP contribution in [-0.2, 0) is 10.2 Å². The van der Waals surface area contributed by atoms with Gasteiger partial charge in [-0.2, -0.15) is 22.5 Å². The third kappa shape index (κ3) is 4.22. The summed E-state index contributed by atoms with van der Waals surface area (Å²) in [4.78, 5) is 3.99. The first-order valence-corrected chi connectivity index (χ1v) is 8.83. The van der Waals surface area contributed by atoms with Crippen molar-refractivity contribution in [3.8, 4) is 0 Å². The Bertz CT molecular complexity index is 518. The smallest absolute Gasteiger partial charge is 0.280 e. The molecule has 0 spiro atoms. The fraction of sp³-hybridized carbons (Fsp3) is 0.833. The van der Waals surface area contributed by atoms with Crippen LogP contribution in [0.15, 0.2) is 6.33 Å². The molecule has 0 aliphatic carbocycles. The first kappa shape index (κ1) is 16.3. The largest absolute Gasteiger partial charge is 0.315 e. The summed E-state index contributed by atoms with van der Waals surface area (Å²) in [5.74, 6) is 0.513. The van der Waals surface area contributed by atoms with Crippen molar-refractivity contribution in [3.63, 3.8) is 0 Å². The predicted octanol–water partition coefficient (Wildman–Crippen LogP) is 0.164. The molecule has 1 saturated heterocycles. The van der Waals surface area contributed by atoms with E-state index < -0.39 is 16.3 Å². The molecule has 2 rings (SSSR count). The highest BCUT2D eigenvalue weighted by Crippen LogP contribution is 2.20. The van der Waals surface area contributed by atoms with E-state index in [1.165, 1.54) is 6.33 Å². The Hall–Kier alpha value is -1.03. The second-order valence-electron chi connectivity index (χ2n) is 5.28. The van der Waals surface area contributed by atoms with E-state index in [2.05, 4.69) is 25.2 Å². The van der Waals surface area contributed by atoms with Crippen molar-refractivity contribution in [1.29, 1.82) is 0 Å². The third-order valence-electron chi connectivity index (χ3n) is 3.68. The lowest BCUT2D eigenvalue weighted by Gasteiger charge is -2.35. The molecule has 3 N–H and O–H groups in total. The molecule has 1 aromatic rings. The van der Waals surface area contributed by atoms with Crippen molar-refractivity contribution in [1.82, 2.24) is 29.5 Å². The normalized spacial score (nSPS) is 22.3. The second kappa shape index (κ2) is 7.30. The van der Waals surface area contributed by atoms with Gasteiger partial charge in [0.25, 0.3) is 10.2 Å². The maximum absolute atomic E-state index is 12.6. The zero-order valence-corrected chi connectivity index (χ0v) is 13.4. The van der Waals surface area contributed by atoms with Gasteiger partial charge in [-0.05, 0) is 26.3 Å². The molecular weight excluding hydrogens is 292 g/mol. The molecule has 0 bridgehead atoms. The average molecular weight is 316 g/mol. The minimum Gasteiger partial charge on any atom is -0.315 e. The van der Waals surface area contributed by atoms with Crippen molar-refractivity contribution >= 4 is 10.2 Å². The lowest BCUT2D eigenvalue weighted by molar-refractivity contribution is 0.242. The van der Waals surface area contributed by atoms with E-state index in [1.807, 2.05) is 6.92 Å². The highest BCUT2D eigenvalue weighted by molar-refractivity contribution is 7.87. The Morgan fingerprint density at radius 1 is 1.52 bits per heavy atom. The Labute approximate surface area is 125 Å². The van der Waals surface area contributed by atoms with Crippen LogP contribution in [0, 0.1) is 0 Å². The topological polar surface area (TPSA) is 103 Å². The minimum absolute atomic E-state index is 0.0122. The fourth-order valence-corrected chi connectivity index (χ4v) is 4.21. The number of aromatic nitrogens is 3. The summed E-state index contributed by atoms with van der Waals surface area (Å²) in [6.45, 7) is 5.86. The van der Waals surface area contributed by atoms with Crippen LogP contribution >= 0.6 is 0 Å². The molecule has 8 nitrogen and oxygen atoms in total. The fourth-order valence-electron chi connectivity index (χ4n) is 2.58. The van der Waals surface area contributed by atoms with Gasteiger partial charge in [-0.1, -0.05) is 13.3 Å². The molecule has 1 aromatic heterocycles. The maximum atomic E-state index is 12.6. The van der Waals surface area contributed by atoms with E-state index in [-0.39, 0.29) is 6.04 Å². The maximum Gasteiger partial charge on any atom is 0.280 e. The van der Waals surface area contributed by atoms with Crippen molar-refractivity contribution in [2.75, 3.05) is 19.6 Å². The third-order valence-corrected chi connectivity index (χ3v) is 5.43. The summed E-state index contributed by atoms with van der Waals surface area (Å²) >= 11 is 0. The summed E-state index contributed by atoms with van der Waals surface area (Å²) in [7, 11) is -3.53. The molecular formula is C12H24N6O2S. The van der Waals surface area contributed by atoms with Crippen molar-refractivity contribution in [2.45, 2.75) is 45.2 Å². The van der Waals surface area contributed by atoms with Crippen molar-refractivity contribution in [3.05, 3.63) is 12.2 Å². The highest BCUT2D eigenvalue weighted by atomic mass is 32.2. The van der Waals surface area contributed by atoms with Gasteiger partial charge in [0.05, 0.1) is 6.04 Å². The number of hydrogen-bond acceptors (Lipinski definition) is 5. The van der Waals surface area contributed by atoms with Gasteiger partial charge < -0.3 is 5.32 Å². The molecule has 1 aliphatic rings. The first-order valence-electron chi connectivity index (χ1n) is 7.39. The Kier molecular flexibility index (Phi) is 5.68. The highest BCUT2D eigenvalue weighted by Gasteiger charge is 2.33. The number of rotatable bonds is 7. The number of H-pyrrole nitrogens is 1. The lowest BCUT2D eigenvalue weighted by atomic mass is 10.1. The molecule has 2 atom stereocenters. The Balaban J connectivity index is 2.05. The van der Waals surface area contributed by atoms with Gasteiger partial charge in [-0.15, -0.1) is 0 Å². The number of likely N-dealkylation sites (N-methyl/N-ethyl adjacent to an activating group) is 1. The van der Waals surface area contributed by atoms with Gasteiger partial charge in [0.2, 0.25) is 0 Å². The van der Waals surface area contributed by atoms with E-state index in [9.17, 15) is 8.42 Å². The first-order chi connectivity index (χ1) is 10.0. The van der Waals surface area contributed by atoms with Gasteiger partial charge in [0.15, 0.2) is 0 Å². The van der Waals surface area contributed by atoms with E-state index >= 15 is 0 Å². The van der Waals surface area contributed by atoms with E-state index in [1.54, 1.807) is 11.2 Å². The molecule has 0 amide bonds. The van der Waals surface area contributed by atoms with E-state index in [0.29, 0.717) is 18.9 Å². The minimum atomic E-state index is -3.53. The number of nitrogens with one attached hydrogen (secondary N) is 3. The zero-order chi connectivity index (χ0) is 15.3. The number of hydrogen-bond donors (Lipinski definition) is 3. The van der Waals surface area contributed by atoms with Crippen LogP contribution in [0.4, 0.5) is 0 Å². The molecule has 120 valence electrons. The van der Waals surface area contributed by atoms with Gasteiger partial charge in [-0.3, -0.25) is 5.10 Å². The molecule has 1 aliphatic heterocycles. The monoisotopic (exact) mass is 316 g/mol. The number of aromatic amines is 1. The van der Waals surface area contributed by atoms with Crippen LogP contribution in [0.2, 0.25) is 0 Å². The van der Waals surface area contributed by atoms with E-state index in [4.69, 9.17) is 0 Å². The van der Waals surface area contributed by atoms with Crippen LogP contribution in [0.5, 0.6) is 0 Å². The molecule has 1 fully saturated rings. The standard InChI is InChI=1S/C12H24N6O2S/c1-3-13-8-11-6-4-5-7-18(11)21(19,20)17-10(2)12-14-9-15-16-12/h9-11,13,17H,3-8H2,1-2H3,(H,14,15,16). The number of nitrogens with zero attached hydrogens (tertiary/aromatic N) is 3. The Morgan fingerprint density at radius 3 is 3.00 bits per heavy atom. The molecule has 2 heterocycles. The molecule has 0 saturated carbocycles. The Morgan fingerprint density at radius 2 is 2.33 bits per heavy atom. The summed E-state index contributed by atoms with van der Waals surface area (Å²) in [5.41, 5.74) is 0. The summed E-state index contributed by atoms with van der Waals surface area (Å²) < 4.78 is 29.4. The van der Waals surface area contributed by atoms with Gasteiger partial charge in [0, 0.05) is 19.1 Å². The molecule has 21 heavy (non-hydrogen) atoms. The van der Waals surface area contributed by atoms with Crippen molar-refractivity contribution in [2.24, 2.45) is 0 Å². The van der Waals surface area contributed by atoms with Gasteiger partial charge in [0.1, 0.15) is 12.2 Å². The van der Waals surface area contributed by atoms with Crippen LogP contribution < -0.4 is 10.0 Å². The second-order valence-corrected chi connectivity index (χ2v) is 6.94. The SMILES string of the molecule is CCNCC1CCCCN1S(=O)(=O)NC(C)c1ncn[nH]1. The molecule has 9 heteroatoms. The summed E-state index contributed by atoms with van der Waals surface area (Å²) in [6.07, 6.45) is 4.24. The van der Waals surface area contributed by atoms with Crippen LogP contribution in [-0.4, -0.2) is 53.6 Å². The lowest BCUT2D eigenvalue weighted by Crippen LogP contribution is -2.52. The number of piperidine rings is 1. The van der Waals surface area contributed by atoms with E-state index in [0.717, 1.165) is 25.8 Å². The van der Waals surface area contributed by atoms with Gasteiger partial charge in [-0.25, -0.2) is 4.98 Å². The molecule has 2 unspecified atom stereocenters. The van der Waals surface area contributed by atoms with Crippen LogP contribution in [0.3, 0.4) is 0 Å². The summed E-state index contributed by atoms with van der Waals surface area (Å²) in [6, 6.07) is -0.419. The quantitative estimate of drug-likeness (QED) is 0.665. The molecule has 0 radical (unpaired) electrons. The predicted molar refractivity (Wildman–Crippen MR) is 79.7 cm³/mol. The average Bonchev–Trinajstić information content (AvgIpc) is 2.99. The van der Waals surface area contributed by atoms with Crippen LogP contribution in [0.25, 0.3) is 0 Å². The van der Waals surface area contributed by atoms with Gasteiger partial charge >= 0.3 is 0 Å². The van der Waals surface area contributed by atoms with Crippen LogP contribution in [0.1, 0.15) is 45.0 Å². The molecule has 0 aromatic carbocycles. The van der Waals surface area contributed by atoms with Crippen molar-refractivity contribution < 1.29 is 8.42 Å².